The van der Waals surface area contributed by atoms with Crippen molar-refractivity contribution in [1.82, 2.24) is 4.57 Å². The average molecular weight is 551 g/mol. The molecule has 0 bridgehead atoms. The first-order valence-electron chi connectivity index (χ1n) is 12.7. The van der Waals surface area contributed by atoms with Crippen LogP contribution in [0.25, 0.3) is 23.1 Å². The van der Waals surface area contributed by atoms with Crippen molar-refractivity contribution in [1.29, 1.82) is 0 Å². The molecule has 0 radical (unpaired) electrons. The van der Waals surface area contributed by atoms with Gasteiger partial charge in [0.25, 0.3) is 5.56 Å². The van der Waals surface area contributed by atoms with Gasteiger partial charge in [0.1, 0.15) is 17.3 Å². The predicted molar refractivity (Wildman–Crippen MR) is 155 cm³/mol. The fourth-order valence-electron chi connectivity index (χ4n) is 5.52. The molecule has 7 heteroatoms. The molecule has 5 nitrogen and oxygen atoms in total. The van der Waals surface area contributed by atoms with Crippen molar-refractivity contribution in [2.45, 2.75) is 18.9 Å². The van der Waals surface area contributed by atoms with E-state index in [-0.39, 0.29) is 11.6 Å². The Morgan fingerprint density at radius 2 is 1.79 bits per heavy atom. The van der Waals surface area contributed by atoms with Crippen molar-refractivity contribution in [3.05, 3.63) is 138 Å². The number of benzene rings is 3. The monoisotopic (exact) mass is 550 g/mol. The second-order valence-electron chi connectivity index (χ2n) is 9.56. The summed E-state index contributed by atoms with van der Waals surface area (Å²) in [4.78, 5) is 19.7. The van der Waals surface area contributed by atoms with Crippen LogP contribution < -0.4 is 19.6 Å². The number of aromatic nitrogens is 1. The van der Waals surface area contributed by atoms with Crippen LogP contribution in [0.1, 0.15) is 34.9 Å². The van der Waals surface area contributed by atoms with Gasteiger partial charge in [-0.25, -0.2) is 4.99 Å². The third kappa shape index (κ3) is 4.08. The number of thiazole rings is 1. The third-order valence-corrected chi connectivity index (χ3v) is 8.57. The SMILES string of the molecule is COc1ccccc1[C@H]1C2=C(N=c3s/c(=C/c4ccc(-c5ccc(Cl)cc5)o4)c(=O)n31)c1ccccc1CC2. The number of fused-ring (bicyclic) bond motifs is 3. The molecule has 2 aliphatic rings. The molecule has 2 aromatic heterocycles. The van der Waals surface area contributed by atoms with E-state index >= 15 is 0 Å². The molecule has 5 aromatic rings. The van der Waals surface area contributed by atoms with Crippen LogP contribution in [0.5, 0.6) is 5.75 Å². The number of furan rings is 1. The molecular weight excluding hydrogens is 528 g/mol. The quantitative estimate of drug-likeness (QED) is 0.266. The molecule has 0 amide bonds. The Labute approximate surface area is 233 Å². The maximum atomic E-state index is 14.0. The van der Waals surface area contributed by atoms with E-state index in [1.807, 2.05) is 71.3 Å². The number of aryl methyl sites for hydroxylation is 1. The number of halogens is 1. The molecule has 0 fully saturated rings. The van der Waals surface area contributed by atoms with E-state index < -0.39 is 0 Å². The van der Waals surface area contributed by atoms with Gasteiger partial charge in [0.2, 0.25) is 0 Å². The van der Waals surface area contributed by atoms with Crippen LogP contribution in [-0.4, -0.2) is 11.7 Å². The summed E-state index contributed by atoms with van der Waals surface area (Å²) in [5, 5.41) is 0.668. The molecule has 0 saturated carbocycles. The highest BCUT2D eigenvalue weighted by Crippen LogP contribution is 2.43. The summed E-state index contributed by atoms with van der Waals surface area (Å²) in [6, 6.07) is 27.3. The summed E-state index contributed by atoms with van der Waals surface area (Å²) < 4.78 is 14.2. The molecule has 1 aliphatic heterocycles. The molecule has 0 saturated heterocycles. The van der Waals surface area contributed by atoms with Crippen LogP contribution in [0.15, 0.2) is 105 Å². The molecule has 39 heavy (non-hydrogen) atoms. The lowest BCUT2D eigenvalue weighted by molar-refractivity contribution is 0.402. The van der Waals surface area contributed by atoms with Crippen LogP contribution in [0.3, 0.4) is 0 Å². The molecule has 1 aliphatic carbocycles. The van der Waals surface area contributed by atoms with Gasteiger partial charge < -0.3 is 9.15 Å². The van der Waals surface area contributed by atoms with Gasteiger partial charge in [0, 0.05) is 27.8 Å². The zero-order valence-corrected chi connectivity index (χ0v) is 22.6. The van der Waals surface area contributed by atoms with Gasteiger partial charge in [-0.05, 0) is 66.4 Å². The van der Waals surface area contributed by atoms with E-state index in [0.717, 1.165) is 46.6 Å². The third-order valence-electron chi connectivity index (χ3n) is 7.34. The van der Waals surface area contributed by atoms with Crippen LogP contribution in [0.2, 0.25) is 5.02 Å². The van der Waals surface area contributed by atoms with Gasteiger partial charge in [0.15, 0.2) is 4.80 Å². The van der Waals surface area contributed by atoms with Crippen molar-refractivity contribution in [3.8, 4) is 17.1 Å². The molecule has 0 N–H and O–H groups in total. The number of nitrogens with zero attached hydrogens (tertiary/aromatic N) is 2. The fourth-order valence-corrected chi connectivity index (χ4v) is 6.63. The second kappa shape index (κ2) is 9.56. The zero-order chi connectivity index (χ0) is 26.5. The Morgan fingerprint density at radius 3 is 2.64 bits per heavy atom. The minimum Gasteiger partial charge on any atom is -0.496 e. The van der Waals surface area contributed by atoms with Crippen LogP contribution in [0, 0.1) is 0 Å². The van der Waals surface area contributed by atoms with Gasteiger partial charge in [-0.3, -0.25) is 9.36 Å². The van der Waals surface area contributed by atoms with Crippen molar-refractivity contribution in [2.24, 2.45) is 4.99 Å². The molecule has 3 aromatic carbocycles. The summed E-state index contributed by atoms with van der Waals surface area (Å²) in [6.45, 7) is 0. The Hall–Kier alpha value is -4.13. The van der Waals surface area contributed by atoms with Gasteiger partial charge in [-0.2, -0.15) is 0 Å². The lowest BCUT2D eigenvalue weighted by Crippen LogP contribution is -2.38. The number of hydrogen-bond acceptors (Lipinski definition) is 5. The molecule has 7 rings (SSSR count). The standard InChI is InChI=1S/C32H23ClN2O3S/c1-37-27-9-5-4-8-24(27)30-25-16-12-19-6-2-3-7-23(19)29(25)34-32-35(30)31(36)28(39-32)18-22-15-17-26(38-22)20-10-13-21(33)14-11-20/h2-11,13-15,17-18,30H,12,16H2,1H3/b28-18+/t30-/m0/s1. The van der Waals surface area contributed by atoms with Crippen molar-refractivity contribution < 1.29 is 9.15 Å². The Bertz CT molecular complexity index is 1950. The van der Waals surface area contributed by atoms with Crippen LogP contribution in [0.4, 0.5) is 0 Å². The van der Waals surface area contributed by atoms with E-state index in [4.69, 9.17) is 25.7 Å². The van der Waals surface area contributed by atoms with Gasteiger partial charge >= 0.3 is 0 Å². The Morgan fingerprint density at radius 1 is 1.00 bits per heavy atom. The first kappa shape index (κ1) is 23.9. The number of hydrogen-bond donors (Lipinski definition) is 0. The topological polar surface area (TPSA) is 56.7 Å². The van der Waals surface area contributed by atoms with Gasteiger partial charge in [-0.15, -0.1) is 0 Å². The lowest BCUT2D eigenvalue weighted by Gasteiger charge is -2.31. The summed E-state index contributed by atoms with van der Waals surface area (Å²) in [7, 11) is 1.67. The van der Waals surface area contributed by atoms with Crippen LogP contribution in [-0.2, 0) is 6.42 Å². The smallest absolute Gasteiger partial charge is 0.271 e. The summed E-state index contributed by atoms with van der Waals surface area (Å²) in [6.07, 6.45) is 3.53. The number of allylic oxidation sites excluding steroid dienone is 1. The van der Waals surface area contributed by atoms with Gasteiger partial charge in [0.05, 0.1) is 23.4 Å². The van der Waals surface area contributed by atoms with E-state index in [0.29, 0.717) is 25.9 Å². The molecule has 3 heterocycles. The maximum Gasteiger partial charge on any atom is 0.271 e. The summed E-state index contributed by atoms with van der Waals surface area (Å²) >= 11 is 7.42. The van der Waals surface area contributed by atoms with E-state index in [1.54, 1.807) is 13.2 Å². The second-order valence-corrected chi connectivity index (χ2v) is 11.0. The largest absolute Gasteiger partial charge is 0.496 e. The molecular formula is C32H23ClN2O3S. The molecule has 192 valence electrons. The predicted octanol–water partition coefficient (Wildman–Crippen LogP) is 6.24. The average Bonchev–Trinajstić information content (AvgIpc) is 3.56. The number of rotatable bonds is 4. The molecule has 0 spiro atoms. The molecule has 0 unspecified atom stereocenters. The highest BCUT2D eigenvalue weighted by molar-refractivity contribution is 7.07. The summed E-state index contributed by atoms with van der Waals surface area (Å²) in [5.74, 6) is 2.07. The number of ether oxygens (including phenoxy) is 1. The number of methoxy groups -OCH3 is 1. The minimum absolute atomic E-state index is 0.0930. The lowest BCUT2D eigenvalue weighted by atomic mass is 9.83. The zero-order valence-electron chi connectivity index (χ0n) is 21.1. The first-order chi connectivity index (χ1) is 19.1. The van der Waals surface area contributed by atoms with Crippen LogP contribution >= 0.6 is 22.9 Å². The van der Waals surface area contributed by atoms with E-state index in [2.05, 4.69) is 18.2 Å². The van der Waals surface area contributed by atoms with Gasteiger partial charge in [-0.1, -0.05) is 65.4 Å². The minimum atomic E-state index is -0.302. The van der Waals surface area contributed by atoms with Crippen molar-refractivity contribution in [3.63, 3.8) is 0 Å². The molecule has 1 atom stereocenters. The highest BCUT2D eigenvalue weighted by atomic mass is 35.5. The summed E-state index contributed by atoms with van der Waals surface area (Å²) in [5.41, 5.74) is 6.30. The Balaban J connectivity index is 1.42. The van der Waals surface area contributed by atoms with E-state index in [1.165, 1.54) is 16.9 Å². The maximum absolute atomic E-state index is 14.0. The normalized spacial score (nSPS) is 16.4. The Kier molecular flexibility index (Phi) is 5.87. The first-order valence-corrected chi connectivity index (χ1v) is 13.9. The van der Waals surface area contributed by atoms with Crippen molar-refractivity contribution >= 4 is 34.7 Å². The fraction of sp³-hybridized carbons (Fsp3) is 0.125. The van der Waals surface area contributed by atoms with E-state index in [9.17, 15) is 4.79 Å². The highest BCUT2D eigenvalue weighted by Gasteiger charge is 2.34. The number of para-hydroxylation sites is 1. The van der Waals surface area contributed by atoms with Crippen molar-refractivity contribution in [2.75, 3.05) is 7.11 Å².